The van der Waals surface area contributed by atoms with E-state index in [1.165, 1.54) is 0 Å². The molecule has 0 aliphatic heterocycles. The topological polar surface area (TPSA) is 40.5 Å². The summed E-state index contributed by atoms with van der Waals surface area (Å²) in [7, 11) is 9.86. The van der Waals surface area contributed by atoms with E-state index < -0.39 is 16.5 Å². The molecule has 0 atom stereocenters. The molecule has 8 rings (SSSR count). The summed E-state index contributed by atoms with van der Waals surface area (Å²) in [5.74, 6) is 6.89. The van der Waals surface area contributed by atoms with Gasteiger partial charge < -0.3 is 10.2 Å². The summed E-state index contributed by atoms with van der Waals surface area (Å²) < 4.78 is 0. The second-order valence-corrected chi connectivity index (χ2v) is 16.1. The standard InChI is InChI=1S/2C18H14O.C14H10.2ClH.W/c2*19-18-16(14-8-3-1-4-9-14)12-7-13-17(18)15-10-5-2-6-11-15;1-3-7-13(8-4-1)11-12-14-9-5-2-6-10-14;;;/h2*1-13,19H;1-10H;2*1H;/q;;;;;+2/p-2. The van der Waals surface area contributed by atoms with Crippen molar-refractivity contribution in [1.29, 1.82) is 0 Å². The quantitative estimate of drug-likeness (QED) is 0.173. The summed E-state index contributed by atoms with van der Waals surface area (Å²) >= 11 is -0.806. The number of hydrogen-bond acceptors (Lipinski definition) is 2. The van der Waals surface area contributed by atoms with E-state index in [1.54, 1.807) is 0 Å². The molecular formula is C50H38Cl2O2W. The average Bonchev–Trinajstić information content (AvgIpc) is 3.26. The number of aromatic hydroxyl groups is 2. The molecule has 0 radical (unpaired) electrons. The summed E-state index contributed by atoms with van der Waals surface area (Å²) in [6, 6.07) is 71.5. The summed E-state index contributed by atoms with van der Waals surface area (Å²) in [4.78, 5) is 0. The Hall–Kier alpha value is -5.81. The van der Waals surface area contributed by atoms with Gasteiger partial charge in [0.25, 0.3) is 0 Å². The van der Waals surface area contributed by atoms with Crippen LogP contribution >= 0.6 is 18.8 Å². The van der Waals surface area contributed by atoms with Crippen molar-refractivity contribution in [2.45, 2.75) is 0 Å². The fourth-order valence-corrected chi connectivity index (χ4v) is 5.68. The maximum atomic E-state index is 10.5. The summed E-state index contributed by atoms with van der Waals surface area (Å²) in [6.07, 6.45) is 0. The van der Waals surface area contributed by atoms with Crippen LogP contribution in [0.15, 0.2) is 218 Å². The van der Waals surface area contributed by atoms with Gasteiger partial charge in [-0.15, -0.1) is 0 Å². The third kappa shape index (κ3) is 12.4. The molecule has 0 spiro atoms. The maximum absolute atomic E-state index is 10.5. The van der Waals surface area contributed by atoms with Gasteiger partial charge in [0, 0.05) is 33.4 Å². The Labute approximate surface area is 340 Å². The Morgan fingerprint density at radius 1 is 0.291 bits per heavy atom. The van der Waals surface area contributed by atoms with Crippen LogP contribution in [-0.2, 0) is 16.5 Å². The zero-order chi connectivity index (χ0) is 38.5. The summed E-state index contributed by atoms with van der Waals surface area (Å²) in [5, 5.41) is 21.0. The molecule has 0 aliphatic carbocycles. The average molecular weight is 926 g/mol. The minimum atomic E-state index is -0.806. The minimum absolute atomic E-state index is 0.333. The molecule has 0 fully saturated rings. The summed E-state index contributed by atoms with van der Waals surface area (Å²) in [5.41, 5.74) is 9.66. The van der Waals surface area contributed by atoms with Crippen molar-refractivity contribution in [3.05, 3.63) is 230 Å². The van der Waals surface area contributed by atoms with Crippen molar-refractivity contribution in [2.75, 3.05) is 0 Å². The predicted octanol–water partition coefficient (Wildman–Crippen LogP) is 13.9. The molecule has 0 aromatic heterocycles. The second kappa shape index (κ2) is 22.4. The van der Waals surface area contributed by atoms with Crippen molar-refractivity contribution >= 4 is 18.8 Å². The van der Waals surface area contributed by atoms with Crippen LogP contribution in [0.25, 0.3) is 44.5 Å². The van der Waals surface area contributed by atoms with Gasteiger partial charge in [-0.1, -0.05) is 206 Å². The third-order valence-corrected chi connectivity index (χ3v) is 8.31. The molecule has 0 heterocycles. The van der Waals surface area contributed by atoms with Crippen LogP contribution in [0.4, 0.5) is 0 Å². The molecule has 55 heavy (non-hydrogen) atoms. The van der Waals surface area contributed by atoms with Crippen molar-refractivity contribution in [1.82, 2.24) is 0 Å². The first kappa shape index (κ1) is 40.4. The zero-order valence-electron chi connectivity index (χ0n) is 29.8. The van der Waals surface area contributed by atoms with Gasteiger partial charge in [-0.25, -0.2) is 0 Å². The van der Waals surface area contributed by atoms with Crippen molar-refractivity contribution in [3.63, 3.8) is 0 Å². The fraction of sp³-hybridized carbons (Fsp3) is 0. The van der Waals surface area contributed by atoms with Crippen LogP contribution in [0.5, 0.6) is 11.5 Å². The number of para-hydroxylation sites is 2. The van der Waals surface area contributed by atoms with E-state index in [0.717, 1.165) is 55.6 Å². The number of phenols is 2. The Morgan fingerprint density at radius 2 is 0.491 bits per heavy atom. The Morgan fingerprint density at radius 3 is 0.709 bits per heavy atom. The number of phenolic OH excluding ortho intramolecular Hbond substituents is 2. The number of benzene rings is 8. The molecule has 0 bridgehead atoms. The van der Waals surface area contributed by atoms with Crippen LogP contribution in [0.1, 0.15) is 11.1 Å². The first-order chi connectivity index (χ1) is 27.1. The van der Waals surface area contributed by atoms with E-state index in [-0.39, 0.29) is 0 Å². The zero-order valence-corrected chi connectivity index (χ0v) is 34.3. The predicted molar refractivity (Wildman–Crippen MR) is 229 cm³/mol. The first-order valence-electron chi connectivity index (χ1n) is 17.5. The van der Waals surface area contributed by atoms with Gasteiger partial charge in [0.15, 0.2) is 0 Å². The SMILES string of the molecule is C(#Cc1ccccc1)c1ccccc1.Oc1c(-c2ccccc2)cccc1-c1ccccc1.Oc1c(-c2ccccc2)cccc1-c1ccccc1.[Cl][W][Cl]. The molecule has 8 aromatic rings. The van der Waals surface area contributed by atoms with E-state index in [2.05, 4.69) is 11.8 Å². The van der Waals surface area contributed by atoms with E-state index in [1.807, 2.05) is 218 Å². The van der Waals surface area contributed by atoms with Gasteiger partial charge in [-0.05, 0) is 46.5 Å². The van der Waals surface area contributed by atoms with Gasteiger partial charge in [0.1, 0.15) is 11.5 Å². The Bertz CT molecular complexity index is 2080. The Kier molecular flexibility index (Phi) is 16.5. The molecule has 0 saturated carbocycles. The van der Waals surface area contributed by atoms with Crippen LogP contribution in [0.2, 0.25) is 0 Å². The third-order valence-electron chi connectivity index (χ3n) is 8.31. The molecule has 0 aliphatic rings. The van der Waals surface area contributed by atoms with Gasteiger partial charge in [-0.2, -0.15) is 0 Å². The van der Waals surface area contributed by atoms with E-state index in [4.69, 9.17) is 18.8 Å². The van der Waals surface area contributed by atoms with E-state index in [0.29, 0.717) is 11.5 Å². The summed E-state index contributed by atoms with van der Waals surface area (Å²) in [6.45, 7) is 0. The molecule has 2 nitrogen and oxygen atoms in total. The number of hydrogen-bond donors (Lipinski definition) is 2. The van der Waals surface area contributed by atoms with Crippen molar-refractivity contribution in [3.8, 4) is 67.8 Å². The van der Waals surface area contributed by atoms with E-state index >= 15 is 0 Å². The monoisotopic (exact) mass is 924 g/mol. The first-order valence-corrected chi connectivity index (χ1v) is 24.7. The Balaban J connectivity index is 0.000000154. The molecule has 0 unspecified atom stereocenters. The van der Waals surface area contributed by atoms with Gasteiger partial charge in [0.2, 0.25) is 0 Å². The van der Waals surface area contributed by atoms with Crippen LogP contribution < -0.4 is 0 Å². The number of rotatable bonds is 4. The fourth-order valence-electron chi connectivity index (χ4n) is 5.68. The molecule has 2 N–H and O–H groups in total. The van der Waals surface area contributed by atoms with Gasteiger partial charge in [-0.3, -0.25) is 0 Å². The normalized spacial score (nSPS) is 9.71. The van der Waals surface area contributed by atoms with Crippen LogP contribution in [0.3, 0.4) is 0 Å². The second-order valence-electron chi connectivity index (χ2n) is 11.9. The molecule has 270 valence electrons. The molecule has 5 heteroatoms. The van der Waals surface area contributed by atoms with Gasteiger partial charge in [0.05, 0.1) is 0 Å². The van der Waals surface area contributed by atoms with Crippen LogP contribution in [0, 0.1) is 11.8 Å². The molecular weight excluding hydrogens is 887 g/mol. The molecule has 0 amide bonds. The van der Waals surface area contributed by atoms with Crippen molar-refractivity contribution in [2.24, 2.45) is 0 Å². The van der Waals surface area contributed by atoms with Crippen LogP contribution in [-0.4, -0.2) is 10.2 Å². The number of halogens is 2. The van der Waals surface area contributed by atoms with Crippen molar-refractivity contribution < 1.29 is 26.7 Å². The molecule has 0 saturated heterocycles. The van der Waals surface area contributed by atoms with Gasteiger partial charge >= 0.3 is 35.3 Å². The molecule has 8 aromatic carbocycles. The van der Waals surface area contributed by atoms with E-state index in [9.17, 15) is 10.2 Å².